The van der Waals surface area contributed by atoms with E-state index >= 15 is 0 Å². The lowest BCUT2D eigenvalue weighted by Gasteiger charge is -2.12. The molecule has 0 atom stereocenters. The number of nitrogens with zero attached hydrogens (tertiary/aromatic N) is 2. The van der Waals surface area contributed by atoms with Crippen LogP contribution in [0.4, 0.5) is 0 Å². The Labute approximate surface area is 141 Å². The second-order valence-corrected chi connectivity index (χ2v) is 8.42. The van der Waals surface area contributed by atoms with Gasteiger partial charge in [-0.15, -0.1) is 0 Å². The minimum atomic E-state index is -4.39. The van der Waals surface area contributed by atoms with Gasteiger partial charge in [0.25, 0.3) is 20.2 Å². The lowest BCUT2D eigenvalue weighted by atomic mass is 10.0. The van der Waals surface area contributed by atoms with Gasteiger partial charge in [0.1, 0.15) is 17.8 Å². The molecule has 2 rings (SSSR count). The second kappa shape index (κ2) is 6.61. The molecule has 0 bridgehead atoms. The SMILES string of the molecule is O=S(=O)(O)Cc1ncnc(CS(=O)(=O)O)c1-c1ccc(Br)cc1. The van der Waals surface area contributed by atoms with Crippen molar-refractivity contribution < 1.29 is 25.9 Å². The molecule has 1 aromatic heterocycles. The van der Waals surface area contributed by atoms with Crippen molar-refractivity contribution in [1.82, 2.24) is 9.97 Å². The first-order valence-corrected chi connectivity index (χ1v) is 10.1. The lowest BCUT2D eigenvalue weighted by molar-refractivity contribution is 0.480. The third-order valence-electron chi connectivity index (χ3n) is 2.78. The van der Waals surface area contributed by atoms with Gasteiger partial charge < -0.3 is 0 Å². The average molecular weight is 423 g/mol. The predicted octanol–water partition coefficient (Wildman–Crippen LogP) is 1.68. The van der Waals surface area contributed by atoms with Gasteiger partial charge in [-0.2, -0.15) is 16.8 Å². The summed E-state index contributed by atoms with van der Waals surface area (Å²) >= 11 is 3.25. The summed E-state index contributed by atoms with van der Waals surface area (Å²) in [5, 5.41) is 0. The van der Waals surface area contributed by atoms with Crippen LogP contribution in [-0.4, -0.2) is 35.9 Å². The number of benzene rings is 1. The fraction of sp³-hybridized carbons (Fsp3) is 0.167. The van der Waals surface area contributed by atoms with Crippen LogP contribution in [0.15, 0.2) is 35.1 Å². The molecule has 0 spiro atoms. The maximum Gasteiger partial charge on any atom is 0.270 e. The van der Waals surface area contributed by atoms with Crippen LogP contribution in [0.5, 0.6) is 0 Å². The molecule has 0 saturated carbocycles. The number of aromatic nitrogens is 2. The molecule has 1 aromatic carbocycles. The van der Waals surface area contributed by atoms with Crippen molar-refractivity contribution in [1.29, 1.82) is 0 Å². The Morgan fingerprint density at radius 2 is 1.30 bits per heavy atom. The van der Waals surface area contributed by atoms with Gasteiger partial charge in [0.15, 0.2) is 0 Å². The normalized spacial score (nSPS) is 12.3. The average Bonchev–Trinajstić information content (AvgIpc) is 2.37. The summed E-state index contributed by atoms with van der Waals surface area (Å²) < 4.78 is 63.5. The zero-order valence-corrected chi connectivity index (χ0v) is 14.6. The van der Waals surface area contributed by atoms with E-state index in [1.54, 1.807) is 24.3 Å². The first-order chi connectivity index (χ1) is 10.6. The third kappa shape index (κ3) is 5.32. The highest BCUT2D eigenvalue weighted by molar-refractivity contribution is 9.10. The molecular weight excluding hydrogens is 412 g/mol. The van der Waals surface area contributed by atoms with E-state index in [9.17, 15) is 16.8 Å². The maximum absolute atomic E-state index is 11.2. The Bertz CT molecular complexity index is 874. The number of hydrogen-bond acceptors (Lipinski definition) is 6. The fourth-order valence-corrected chi connectivity index (χ4v) is 3.37. The summed E-state index contributed by atoms with van der Waals surface area (Å²) in [6.45, 7) is 0. The van der Waals surface area contributed by atoms with Gasteiger partial charge in [0.2, 0.25) is 0 Å². The van der Waals surface area contributed by atoms with E-state index in [4.69, 9.17) is 9.11 Å². The van der Waals surface area contributed by atoms with Crippen molar-refractivity contribution in [3.8, 4) is 11.1 Å². The van der Waals surface area contributed by atoms with E-state index in [-0.39, 0.29) is 17.0 Å². The minimum absolute atomic E-state index is 0.0662. The highest BCUT2D eigenvalue weighted by atomic mass is 79.9. The summed E-state index contributed by atoms with van der Waals surface area (Å²) in [5.41, 5.74) is 0.452. The van der Waals surface area contributed by atoms with Crippen LogP contribution in [0.2, 0.25) is 0 Å². The van der Waals surface area contributed by atoms with Crippen LogP contribution in [0.1, 0.15) is 11.4 Å². The summed E-state index contributed by atoms with van der Waals surface area (Å²) in [6.07, 6.45) is 0.976. The van der Waals surface area contributed by atoms with Gasteiger partial charge in [-0.05, 0) is 17.7 Å². The van der Waals surface area contributed by atoms with Gasteiger partial charge in [-0.1, -0.05) is 28.1 Å². The van der Waals surface area contributed by atoms with E-state index in [2.05, 4.69) is 25.9 Å². The molecule has 8 nitrogen and oxygen atoms in total. The van der Waals surface area contributed by atoms with Crippen LogP contribution >= 0.6 is 15.9 Å². The zero-order valence-electron chi connectivity index (χ0n) is 11.4. The second-order valence-electron chi connectivity index (χ2n) is 4.60. The van der Waals surface area contributed by atoms with Crippen molar-refractivity contribution in [3.05, 3.63) is 46.5 Å². The van der Waals surface area contributed by atoms with Gasteiger partial charge in [0, 0.05) is 10.0 Å². The van der Waals surface area contributed by atoms with Crippen LogP contribution < -0.4 is 0 Å². The molecular formula is C12H11BrN2O6S2. The molecule has 1 heterocycles. The Morgan fingerprint density at radius 3 is 1.70 bits per heavy atom. The number of halogens is 1. The molecule has 0 amide bonds. The molecule has 23 heavy (non-hydrogen) atoms. The van der Waals surface area contributed by atoms with Crippen LogP contribution in [0, 0.1) is 0 Å². The maximum atomic E-state index is 11.2. The molecule has 0 saturated heterocycles. The largest absolute Gasteiger partial charge is 0.285 e. The molecule has 2 N–H and O–H groups in total. The quantitative estimate of drug-likeness (QED) is 0.694. The van der Waals surface area contributed by atoms with E-state index in [1.807, 2.05) is 0 Å². The molecule has 11 heteroatoms. The van der Waals surface area contributed by atoms with Crippen molar-refractivity contribution in [3.63, 3.8) is 0 Å². The summed E-state index contributed by atoms with van der Waals surface area (Å²) in [7, 11) is -8.78. The Kier molecular flexibility index (Phi) is 5.16. The molecule has 0 radical (unpaired) electrons. The zero-order chi connectivity index (χ0) is 17.3. The minimum Gasteiger partial charge on any atom is -0.285 e. The predicted molar refractivity (Wildman–Crippen MR) is 85.7 cm³/mol. The van der Waals surface area contributed by atoms with Gasteiger partial charge >= 0.3 is 0 Å². The Hall–Kier alpha value is -1.40. The first kappa shape index (κ1) is 17.9. The molecule has 2 aromatic rings. The molecule has 0 aliphatic heterocycles. The van der Waals surface area contributed by atoms with Crippen molar-refractivity contribution >= 4 is 36.2 Å². The summed E-state index contributed by atoms with van der Waals surface area (Å²) in [6, 6.07) is 6.53. The topological polar surface area (TPSA) is 135 Å². The van der Waals surface area contributed by atoms with Crippen LogP contribution in [0.3, 0.4) is 0 Å². The van der Waals surface area contributed by atoms with Gasteiger partial charge in [-0.25, -0.2) is 9.97 Å². The standard InChI is InChI=1S/C12H11BrN2O6S2/c13-9-3-1-8(2-4-9)12-10(5-22(16,17)18)14-7-15-11(12)6-23(19,20)21/h1-4,7H,5-6H2,(H,16,17,18)(H,19,20,21). The number of hydrogen-bond donors (Lipinski definition) is 2. The van der Waals surface area contributed by atoms with Crippen molar-refractivity contribution in [2.24, 2.45) is 0 Å². The Balaban J connectivity index is 2.68. The van der Waals surface area contributed by atoms with Gasteiger partial charge in [-0.3, -0.25) is 9.11 Å². The lowest BCUT2D eigenvalue weighted by Crippen LogP contribution is -2.11. The monoisotopic (exact) mass is 422 g/mol. The van der Waals surface area contributed by atoms with E-state index in [1.165, 1.54) is 0 Å². The van der Waals surface area contributed by atoms with Crippen LogP contribution in [-0.2, 0) is 31.7 Å². The fourth-order valence-electron chi connectivity index (χ4n) is 1.98. The van der Waals surface area contributed by atoms with E-state index in [0.29, 0.717) is 5.56 Å². The first-order valence-electron chi connectivity index (χ1n) is 6.04. The molecule has 0 aliphatic carbocycles. The Morgan fingerprint density at radius 1 is 0.870 bits per heavy atom. The number of rotatable bonds is 5. The smallest absolute Gasteiger partial charge is 0.270 e. The molecule has 0 unspecified atom stereocenters. The van der Waals surface area contributed by atoms with Gasteiger partial charge in [0.05, 0.1) is 11.4 Å². The highest BCUT2D eigenvalue weighted by Crippen LogP contribution is 2.28. The molecule has 0 aliphatic rings. The van der Waals surface area contributed by atoms with Crippen molar-refractivity contribution in [2.45, 2.75) is 11.5 Å². The van der Waals surface area contributed by atoms with Crippen LogP contribution in [0.25, 0.3) is 11.1 Å². The van der Waals surface area contributed by atoms with Crippen molar-refractivity contribution in [2.75, 3.05) is 0 Å². The van der Waals surface area contributed by atoms with E-state index < -0.39 is 31.7 Å². The summed E-state index contributed by atoms with van der Waals surface area (Å²) in [4.78, 5) is 7.63. The van der Waals surface area contributed by atoms with E-state index in [0.717, 1.165) is 10.8 Å². The molecule has 124 valence electrons. The molecule has 0 fully saturated rings. The summed E-state index contributed by atoms with van der Waals surface area (Å²) in [5.74, 6) is -1.61. The highest BCUT2D eigenvalue weighted by Gasteiger charge is 2.21. The third-order valence-corrected chi connectivity index (χ3v) is 4.58.